The summed E-state index contributed by atoms with van der Waals surface area (Å²) < 4.78 is 25.4. The summed E-state index contributed by atoms with van der Waals surface area (Å²) in [6.07, 6.45) is 2.91. The second-order valence-electron chi connectivity index (χ2n) is 3.42. The van der Waals surface area contributed by atoms with Crippen LogP contribution in [0.1, 0.15) is 18.5 Å². The molecule has 1 heterocycles. The van der Waals surface area contributed by atoms with Gasteiger partial charge in [-0.1, -0.05) is 0 Å². The maximum atomic E-state index is 11.5. The molecule has 6 nitrogen and oxygen atoms in total. The predicted molar refractivity (Wildman–Crippen MR) is 55.5 cm³/mol. The van der Waals surface area contributed by atoms with Crippen LogP contribution in [0.25, 0.3) is 0 Å². The normalized spacial score (nSPS) is 16.3. The van der Waals surface area contributed by atoms with E-state index in [1.54, 1.807) is 6.07 Å². The van der Waals surface area contributed by atoms with Gasteiger partial charge in [0, 0.05) is 12.7 Å². The highest BCUT2D eigenvalue weighted by molar-refractivity contribution is 7.93. The topological polar surface area (TPSA) is 98.0 Å². The average Bonchev–Trinajstić information content (AvgIpc) is 3.00. The number of nitrogens with one attached hydrogen (secondary N) is 1. The molecule has 15 heavy (non-hydrogen) atoms. The Morgan fingerprint density at radius 3 is 2.87 bits per heavy atom. The summed E-state index contributed by atoms with van der Waals surface area (Å²) >= 11 is 0. The highest BCUT2D eigenvalue weighted by Gasteiger charge is 2.36. The first-order chi connectivity index (χ1) is 7.12. The van der Waals surface area contributed by atoms with E-state index in [4.69, 9.17) is 5.73 Å². The van der Waals surface area contributed by atoms with Crippen molar-refractivity contribution in [3.8, 4) is 0 Å². The van der Waals surface area contributed by atoms with Crippen molar-refractivity contribution in [2.75, 3.05) is 4.72 Å². The maximum Gasteiger partial charge on any atom is 0.237 e. The molecule has 0 aromatic carbocycles. The molecular formula is C8H12N4O2S. The Hall–Kier alpha value is -1.21. The number of nitrogens with two attached hydrogens (primary N) is 1. The van der Waals surface area contributed by atoms with Gasteiger partial charge in [-0.2, -0.15) is 0 Å². The number of rotatable bonds is 4. The molecule has 1 aliphatic carbocycles. The fourth-order valence-corrected chi connectivity index (χ4v) is 2.42. The van der Waals surface area contributed by atoms with Crippen molar-refractivity contribution in [2.45, 2.75) is 24.6 Å². The fraction of sp³-hybridized carbons (Fsp3) is 0.500. The van der Waals surface area contributed by atoms with Crippen LogP contribution in [0, 0.1) is 0 Å². The second kappa shape index (κ2) is 3.74. The molecule has 0 atom stereocenters. The Balaban J connectivity index is 2.16. The van der Waals surface area contributed by atoms with Gasteiger partial charge in [0.2, 0.25) is 16.0 Å². The molecule has 3 N–H and O–H groups in total. The second-order valence-corrected chi connectivity index (χ2v) is 5.38. The van der Waals surface area contributed by atoms with Gasteiger partial charge < -0.3 is 5.73 Å². The summed E-state index contributed by atoms with van der Waals surface area (Å²) in [7, 11) is -3.28. The lowest BCUT2D eigenvalue weighted by atomic mass is 10.4. The largest absolute Gasteiger partial charge is 0.325 e. The van der Waals surface area contributed by atoms with Crippen LogP contribution in [0.5, 0.6) is 0 Å². The van der Waals surface area contributed by atoms with Gasteiger partial charge >= 0.3 is 0 Å². The van der Waals surface area contributed by atoms with Crippen LogP contribution in [-0.2, 0) is 16.6 Å². The molecule has 7 heteroatoms. The van der Waals surface area contributed by atoms with Crippen molar-refractivity contribution >= 4 is 16.0 Å². The van der Waals surface area contributed by atoms with E-state index in [1.165, 1.54) is 6.20 Å². The van der Waals surface area contributed by atoms with Crippen LogP contribution in [0.4, 0.5) is 5.95 Å². The molecule has 1 aliphatic rings. The Morgan fingerprint density at radius 2 is 2.27 bits per heavy atom. The van der Waals surface area contributed by atoms with Gasteiger partial charge in [-0.15, -0.1) is 0 Å². The minimum Gasteiger partial charge on any atom is -0.325 e. The zero-order chi connectivity index (χ0) is 10.9. The lowest BCUT2D eigenvalue weighted by Crippen LogP contribution is -2.19. The Morgan fingerprint density at radius 1 is 1.53 bits per heavy atom. The first-order valence-electron chi connectivity index (χ1n) is 4.65. The maximum absolute atomic E-state index is 11.5. The van der Waals surface area contributed by atoms with Crippen LogP contribution in [-0.4, -0.2) is 23.6 Å². The van der Waals surface area contributed by atoms with Crippen LogP contribution in [0.3, 0.4) is 0 Å². The third kappa shape index (κ3) is 2.42. The van der Waals surface area contributed by atoms with E-state index < -0.39 is 10.0 Å². The summed E-state index contributed by atoms with van der Waals surface area (Å²) in [5.41, 5.74) is 6.00. The summed E-state index contributed by atoms with van der Waals surface area (Å²) in [5.74, 6) is 0.102. The van der Waals surface area contributed by atoms with E-state index in [0.29, 0.717) is 18.5 Å². The number of nitrogens with zero attached hydrogens (tertiary/aromatic N) is 2. The minimum absolute atomic E-state index is 0.102. The molecule has 0 aliphatic heterocycles. The van der Waals surface area contributed by atoms with E-state index in [9.17, 15) is 8.42 Å². The Bertz CT molecular complexity index is 455. The molecule has 0 unspecified atom stereocenters. The average molecular weight is 228 g/mol. The van der Waals surface area contributed by atoms with Gasteiger partial charge in [0.25, 0.3) is 0 Å². The Kier molecular flexibility index (Phi) is 2.57. The van der Waals surface area contributed by atoms with E-state index in [-0.39, 0.29) is 17.7 Å². The first-order valence-corrected chi connectivity index (χ1v) is 6.20. The van der Waals surface area contributed by atoms with E-state index in [0.717, 1.165) is 0 Å². The number of sulfonamides is 1. The molecular weight excluding hydrogens is 216 g/mol. The molecule has 82 valence electrons. The first kappa shape index (κ1) is 10.3. The molecule has 1 fully saturated rings. The van der Waals surface area contributed by atoms with Crippen molar-refractivity contribution < 1.29 is 8.42 Å². The zero-order valence-electron chi connectivity index (χ0n) is 8.05. The lowest BCUT2D eigenvalue weighted by Gasteiger charge is -2.05. The highest BCUT2D eigenvalue weighted by atomic mass is 32.2. The molecule has 2 rings (SSSR count). The summed E-state index contributed by atoms with van der Waals surface area (Å²) in [4.78, 5) is 7.79. The molecule has 0 amide bonds. The van der Waals surface area contributed by atoms with Crippen LogP contribution < -0.4 is 10.5 Å². The smallest absolute Gasteiger partial charge is 0.237 e. The number of anilines is 1. The van der Waals surface area contributed by atoms with Crippen LogP contribution in [0.15, 0.2) is 12.3 Å². The van der Waals surface area contributed by atoms with Gasteiger partial charge in [-0.3, -0.25) is 4.72 Å². The molecule has 0 radical (unpaired) electrons. The minimum atomic E-state index is -3.28. The summed E-state index contributed by atoms with van der Waals surface area (Å²) in [5, 5.41) is -0.275. The Labute approximate surface area is 88.0 Å². The quantitative estimate of drug-likeness (QED) is 0.746. The summed E-state index contributed by atoms with van der Waals surface area (Å²) in [6.45, 7) is 0.265. The fourth-order valence-electron chi connectivity index (χ4n) is 1.15. The van der Waals surface area contributed by atoms with Gasteiger partial charge in [0.15, 0.2) is 0 Å². The van der Waals surface area contributed by atoms with E-state index in [1.807, 2.05) is 0 Å². The molecule has 1 saturated carbocycles. The third-order valence-electron chi connectivity index (χ3n) is 2.12. The van der Waals surface area contributed by atoms with Crippen LogP contribution in [0.2, 0.25) is 0 Å². The number of aromatic nitrogens is 2. The van der Waals surface area contributed by atoms with Gasteiger partial charge in [-0.25, -0.2) is 18.4 Å². The predicted octanol–water partition coefficient (Wildman–Crippen LogP) is -0.161. The molecule has 1 aromatic rings. The lowest BCUT2D eigenvalue weighted by molar-refractivity contribution is 0.599. The molecule has 0 bridgehead atoms. The molecule has 0 spiro atoms. The van der Waals surface area contributed by atoms with Crippen molar-refractivity contribution in [3.05, 3.63) is 18.0 Å². The van der Waals surface area contributed by atoms with Crippen LogP contribution >= 0.6 is 0 Å². The van der Waals surface area contributed by atoms with Gasteiger partial charge in [0.05, 0.1) is 10.9 Å². The zero-order valence-corrected chi connectivity index (χ0v) is 8.87. The highest BCUT2D eigenvalue weighted by Crippen LogP contribution is 2.28. The van der Waals surface area contributed by atoms with E-state index in [2.05, 4.69) is 14.7 Å². The molecule has 1 aromatic heterocycles. The van der Waals surface area contributed by atoms with Crippen molar-refractivity contribution in [3.63, 3.8) is 0 Å². The van der Waals surface area contributed by atoms with Crippen molar-refractivity contribution in [1.82, 2.24) is 9.97 Å². The summed E-state index contributed by atoms with van der Waals surface area (Å²) in [6, 6.07) is 1.65. The van der Waals surface area contributed by atoms with Crippen molar-refractivity contribution in [2.24, 2.45) is 5.73 Å². The number of hydrogen-bond acceptors (Lipinski definition) is 5. The monoisotopic (exact) mass is 228 g/mol. The van der Waals surface area contributed by atoms with Gasteiger partial charge in [-0.05, 0) is 18.9 Å². The molecule has 0 saturated heterocycles. The third-order valence-corrected chi connectivity index (χ3v) is 3.94. The standard InChI is InChI=1S/C8H12N4O2S/c9-5-6-3-4-10-8(11-6)12-15(13,14)7-1-2-7/h3-4,7H,1-2,5,9H2,(H,10,11,12). The van der Waals surface area contributed by atoms with E-state index >= 15 is 0 Å². The SMILES string of the molecule is NCc1ccnc(NS(=O)(=O)C2CC2)n1. The number of hydrogen-bond donors (Lipinski definition) is 2. The van der Waals surface area contributed by atoms with Crippen molar-refractivity contribution in [1.29, 1.82) is 0 Å². The van der Waals surface area contributed by atoms with Gasteiger partial charge in [0.1, 0.15) is 0 Å².